The lowest BCUT2D eigenvalue weighted by Crippen LogP contribution is -2.31. The van der Waals surface area contributed by atoms with E-state index in [1.54, 1.807) is 36.4 Å². The highest BCUT2D eigenvalue weighted by Gasteiger charge is 2.15. The van der Waals surface area contributed by atoms with Crippen LogP contribution in [0.1, 0.15) is 47.1 Å². The molecular formula is C21H22ClNO4. The van der Waals surface area contributed by atoms with Gasteiger partial charge in [-0.3, -0.25) is 14.4 Å². The third-order valence-corrected chi connectivity index (χ3v) is 4.19. The molecular weight excluding hydrogens is 366 g/mol. The number of Topliss-reactive ketones (excluding diaryl/α,β-unsaturated/α-hetero) is 1. The SMILES string of the molecule is CC(C)(C)c1ccc(C(=O)NCC(=O)OCC(=O)c2ccc(Cl)cc2)cc1. The molecule has 0 fully saturated rings. The first-order chi connectivity index (χ1) is 12.7. The third kappa shape index (κ3) is 6.22. The van der Waals surface area contributed by atoms with Crippen LogP contribution in [0.15, 0.2) is 48.5 Å². The van der Waals surface area contributed by atoms with Gasteiger partial charge in [0.2, 0.25) is 0 Å². The molecule has 2 aromatic carbocycles. The van der Waals surface area contributed by atoms with E-state index < -0.39 is 12.6 Å². The minimum atomic E-state index is -0.683. The van der Waals surface area contributed by atoms with Gasteiger partial charge in [0, 0.05) is 16.1 Å². The van der Waals surface area contributed by atoms with Gasteiger partial charge in [0.1, 0.15) is 6.54 Å². The monoisotopic (exact) mass is 387 g/mol. The number of ether oxygens (including phenoxy) is 1. The van der Waals surface area contributed by atoms with Gasteiger partial charge < -0.3 is 10.1 Å². The number of ketones is 1. The molecule has 1 N–H and O–H groups in total. The van der Waals surface area contributed by atoms with Gasteiger partial charge in [-0.2, -0.15) is 0 Å². The second-order valence-corrected chi connectivity index (χ2v) is 7.54. The fourth-order valence-corrected chi connectivity index (χ4v) is 2.42. The van der Waals surface area contributed by atoms with E-state index in [9.17, 15) is 14.4 Å². The molecule has 0 aliphatic heterocycles. The molecule has 0 heterocycles. The molecule has 6 heteroatoms. The second-order valence-electron chi connectivity index (χ2n) is 7.10. The summed E-state index contributed by atoms with van der Waals surface area (Å²) in [4.78, 5) is 35.8. The van der Waals surface area contributed by atoms with Gasteiger partial charge in [-0.05, 0) is 47.4 Å². The van der Waals surface area contributed by atoms with Crippen LogP contribution in [0.5, 0.6) is 0 Å². The summed E-state index contributed by atoms with van der Waals surface area (Å²) < 4.78 is 4.90. The maximum atomic E-state index is 12.1. The zero-order chi connectivity index (χ0) is 20.0. The lowest BCUT2D eigenvalue weighted by Gasteiger charge is -2.19. The fourth-order valence-electron chi connectivity index (χ4n) is 2.29. The number of hydrogen-bond donors (Lipinski definition) is 1. The predicted molar refractivity (Wildman–Crippen MR) is 104 cm³/mol. The maximum Gasteiger partial charge on any atom is 0.325 e. The Morgan fingerprint density at radius 2 is 1.48 bits per heavy atom. The number of rotatable bonds is 6. The molecule has 2 aromatic rings. The van der Waals surface area contributed by atoms with E-state index in [0.717, 1.165) is 5.56 Å². The standard InChI is InChI=1S/C21H22ClNO4/c1-21(2,3)16-8-4-15(5-9-16)20(26)23-12-19(25)27-13-18(24)14-6-10-17(22)11-7-14/h4-11H,12-13H2,1-3H3,(H,23,26). The molecule has 0 atom stereocenters. The highest BCUT2D eigenvalue weighted by molar-refractivity contribution is 6.30. The van der Waals surface area contributed by atoms with Crippen molar-refractivity contribution in [1.29, 1.82) is 0 Å². The number of halogens is 1. The summed E-state index contributed by atoms with van der Waals surface area (Å²) in [5.74, 6) is -1.41. The van der Waals surface area contributed by atoms with Crippen LogP contribution >= 0.6 is 11.6 Å². The van der Waals surface area contributed by atoms with E-state index in [-0.39, 0.29) is 23.7 Å². The van der Waals surface area contributed by atoms with Crippen molar-refractivity contribution in [2.75, 3.05) is 13.2 Å². The van der Waals surface area contributed by atoms with Crippen LogP contribution in [0.25, 0.3) is 0 Å². The van der Waals surface area contributed by atoms with Crippen LogP contribution in [0.3, 0.4) is 0 Å². The number of carbonyl (C=O) groups excluding carboxylic acids is 3. The van der Waals surface area contributed by atoms with Gasteiger partial charge in [0.25, 0.3) is 5.91 Å². The Balaban J connectivity index is 1.80. The average Bonchev–Trinajstić information content (AvgIpc) is 2.64. The van der Waals surface area contributed by atoms with Crippen molar-refractivity contribution in [3.63, 3.8) is 0 Å². The van der Waals surface area contributed by atoms with Crippen LogP contribution in [0, 0.1) is 0 Å². The minimum absolute atomic E-state index is 0.00453. The molecule has 142 valence electrons. The van der Waals surface area contributed by atoms with E-state index >= 15 is 0 Å². The zero-order valence-corrected chi connectivity index (χ0v) is 16.3. The Labute approximate surface area is 163 Å². The maximum absolute atomic E-state index is 12.1. The van der Waals surface area contributed by atoms with E-state index in [1.165, 1.54) is 0 Å². The van der Waals surface area contributed by atoms with E-state index in [2.05, 4.69) is 26.1 Å². The first-order valence-electron chi connectivity index (χ1n) is 8.50. The topological polar surface area (TPSA) is 72.5 Å². The number of amides is 1. The van der Waals surface area contributed by atoms with Gasteiger partial charge in [0.05, 0.1) is 0 Å². The lowest BCUT2D eigenvalue weighted by molar-refractivity contribution is -0.141. The van der Waals surface area contributed by atoms with Crippen molar-refractivity contribution in [2.24, 2.45) is 0 Å². The average molecular weight is 388 g/mol. The normalized spacial score (nSPS) is 11.0. The number of nitrogens with one attached hydrogen (secondary N) is 1. The van der Waals surface area contributed by atoms with E-state index in [1.807, 2.05) is 12.1 Å². The Hall–Kier alpha value is -2.66. The van der Waals surface area contributed by atoms with Crippen molar-refractivity contribution < 1.29 is 19.1 Å². The second kappa shape index (κ2) is 8.82. The number of esters is 1. The minimum Gasteiger partial charge on any atom is -0.456 e. The zero-order valence-electron chi connectivity index (χ0n) is 15.5. The van der Waals surface area contributed by atoms with Crippen molar-refractivity contribution in [2.45, 2.75) is 26.2 Å². The molecule has 27 heavy (non-hydrogen) atoms. The van der Waals surface area contributed by atoms with Crippen LogP contribution in [0.2, 0.25) is 5.02 Å². The number of hydrogen-bond acceptors (Lipinski definition) is 4. The number of benzene rings is 2. The highest BCUT2D eigenvalue weighted by Crippen LogP contribution is 2.22. The van der Waals surface area contributed by atoms with Crippen LogP contribution in [-0.4, -0.2) is 30.8 Å². The molecule has 0 spiro atoms. The molecule has 0 aromatic heterocycles. The van der Waals surface area contributed by atoms with Crippen molar-refractivity contribution >= 4 is 29.3 Å². The molecule has 5 nitrogen and oxygen atoms in total. The fraction of sp³-hybridized carbons (Fsp3) is 0.286. The molecule has 0 unspecified atom stereocenters. The Kier molecular flexibility index (Phi) is 6.75. The van der Waals surface area contributed by atoms with Crippen molar-refractivity contribution in [3.8, 4) is 0 Å². The summed E-state index contributed by atoms with van der Waals surface area (Å²) in [6.07, 6.45) is 0. The van der Waals surface area contributed by atoms with Crippen LogP contribution in [-0.2, 0) is 14.9 Å². The molecule has 0 aliphatic carbocycles. The summed E-state index contributed by atoms with van der Waals surface area (Å²) in [7, 11) is 0. The molecule has 0 radical (unpaired) electrons. The molecule has 0 saturated heterocycles. The molecule has 0 aliphatic rings. The molecule has 2 rings (SSSR count). The largest absolute Gasteiger partial charge is 0.456 e. The van der Waals surface area contributed by atoms with Crippen LogP contribution < -0.4 is 5.32 Å². The van der Waals surface area contributed by atoms with E-state index in [4.69, 9.17) is 16.3 Å². The molecule has 0 saturated carbocycles. The first-order valence-corrected chi connectivity index (χ1v) is 8.88. The Morgan fingerprint density at radius 3 is 2.04 bits per heavy atom. The highest BCUT2D eigenvalue weighted by atomic mass is 35.5. The smallest absolute Gasteiger partial charge is 0.325 e. The van der Waals surface area contributed by atoms with Crippen LogP contribution in [0.4, 0.5) is 0 Å². The predicted octanol–water partition coefficient (Wildman–Crippen LogP) is 3.79. The summed E-state index contributed by atoms with van der Waals surface area (Å²) in [6.45, 7) is 5.56. The first kappa shape index (κ1) is 20.6. The van der Waals surface area contributed by atoms with Gasteiger partial charge in [-0.1, -0.05) is 44.5 Å². The third-order valence-electron chi connectivity index (χ3n) is 3.94. The summed E-state index contributed by atoms with van der Waals surface area (Å²) in [5.41, 5.74) is 1.96. The Bertz CT molecular complexity index is 821. The van der Waals surface area contributed by atoms with Crippen molar-refractivity contribution in [1.82, 2.24) is 5.32 Å². The van der Waals surface area contributed by atoms with Gasteiger partial charge >= 0.3 is 5.97 Å². The van der Waals surface area contributed by atoms with Gasteiger partial charge in [-0.15, -0.1) is 0 Å². The molecule has 0 bridgehead atoms. The van der Waals surface area contributed by atoms with Crippen molar-refractivity contribution in [3.05, 3.63) is 70.2 Å². The summed E-state index contributed by atoms with van der Waals surface area (Å²) in [5, 5.41) is 3.00. The molecule has 1 amide bonds. The lowest BCUT2D eigenvalue weighted by atomic mass is 9.87. The summed E-state index contributed by atoms with van der Waals surface area (Å²) in [6, 6.07) is 13.5. The quantitative estimate of drug-likeness (QED) is 0.604. The van der Waals surface area contributed by atoms with E-state index in [0.29, 0.717) is 16.1 Å². The Morgan fingerprint density at radius 1 is 0.926 bits per heavy atom. The number of carbonyl (C=O) groups is 3. The van der Waals surface area contributed by atoms with Gasteiger partial charge in [-0.25, -0.2) is 0 Å². The van der Waals surface area contributed by atoms with Gasteiger partial charge in [0.15, 0.2) is 12.4 Å². The summed E-state index contributed by atoms with van der Waals surface area (Å²) >= 11 is 5.76.